The van der Waals surface area contributed by atoms with E-state index in [-0.39, 0.29) is 11.6 Å². The number of nitrogens with zero attached hydrogens (tertiary/aromatic N) is 1. The fourth-order valence-corrected chi connectivity index (χ4v) is 2.62. The number of nitrogens with one attached hydrogen (secondary N) is 2. The second-order valence-electron chi connectivity index (χ2n) is 5.53. The van der Waals surface area contributed by atoms with E-state index < -0.39 is 5.82 Å². The molecule has 1 aromatic rings. The summed E-state index contributed by atoms with van der Waals surface area (Å²) in [5, 5.41) is 5.83. The zero-order chi connectivity index (χ0) is 14.5. The molecule has 2 rings (SSSR count). The summed E-state index contributed by atoms with van der Waals surface area (Å²) in [6.45, 7) is 4.50. The van der Waals surface area contributed by atoms with Crippen molar-refractivity contribution in [2.75, 3.05) is 37.3 Å². The number of anilines is 2. The molecule has 1 aliphatic rings. The molecule has 1 aliphatic heterocycles. The van der Waals surface area contributed by atoms with Gasteiger partial charge in [0.25, 0.3) is 0 Å². The molecule has 1 heterocycles. The Morgan fingerprint density at radius 3 is 3.00 bits per heavy atom. The van der Waals surface area contributed by atoms with Crippen LogP contribution < -0.4 is 10.6 Å². The van der Waals surface area contributed by atoms with Crippen LogP contribution >= 0.6 is 0 Å². The zero-order valence-corrected chi connectivity index (χ0v) is 12.1. The van der Waals surface area contributed by atoms with Crippen molar-refractivity contribution >= 4 is 17.3 Å². The van der Waals surface area contributed by atoms with Crippen LogP contribution in [0.15, 0.2) is 18.2 Å². The van der Waals surface area contributed by atoms with Crippen molar-refractivity contribution in [1.82, 2.24) is 4.90 Å². The van der Waals surface area contributed by atoms with E-state index in [1.54, 1.807) is 12.1 Å². The summed E-state index contributed by atoms with van der Waals surface area (Å²) >= 11 is 0. The molecule has 20 heavy (non-hydrogen) atoms. The summed E-state index contributed by atoms with van der Waals surface area (Å²) in [5.41, 5.74) is 1.06. The summed E-state index contributed by atoms with van der Waals surface area (Å²) < 4.78 is 13.5. The molecule has 5 heteroatoms. The Balaban J connectivity index is 1.93. The molecule has 0 bridgehead atoms. The van der Waals surface area contributed by atoms with Gasteiger partial charge in [0.2, 0.25) is 5.91 Å². The van der Waals surface area contributed by atoms with Crippen molar-refractivity contribution in [3.8, 4) is 0 Å². The minimum Gasteiger partial charge on any atom is -0.385 e. The van der Waals surface area contributed by atoms with Gasteiger partial charge >= 0.3 is 0 Å². The Bertz CT molecular complexity index is 478. The molecule has 1 amide bonds. The maximum Gasteiger partial charge on any atom is 0.221 e. The average molecular weight is 279 g/mol. The van der Waals surface area contributed by atoms with Gasteiger partial charge in [-0.05, 0) is 50.6 Å². The summed E-state index contributed by atoms with van der Waals surface area (Å²) in [6, 6.07) is 4.72. The van der Waals surface area contributed by atoms with Gasteiger partial charge in [0, 0.05) is 25.7 Å². The monoisotopic (exact) mass is 279 g/mol. The molecule has 0 radical (unpaired) electrons. The Kier molecular flexibility index (Phi) is 4.95. The molecule has 0 saturated carbocycles. The third kappa shape index (κ3) is 4.20. The Labute approximate surface area is 119 Å². The highest BCUT2D eigenvalue weighted by molar-refractivity contribution is 5.89. The number of benzene rings is 1. The maximum absolute atomic E-state index is 13.5. The average Bonchev–Trinajstić information content (AvgIpc) is 2.39. The molecule has 1 saturated heterocycles. The third-order valence-electron chi connectivity index (χ3n) is 3.59. The van der Waals surface area contributed by atoms with Gasteiger partial charge in [0.1, 0.15) is 5.82 Å². The van der Waals surface area contributed by atoms with Crippen molar-refractivity contribution in [2.24, 2.45) is 5.92 Å². The molecule has 0 aromatic heterocycles. The summed E-state index contributed by atoms with van der Waals surface area (Å²) in [4.78, 5) is 13.4. The number of hydrogen-bond acceptors (Lipinski definition) is 3. The minimum atomic E-state index is -0.414. The lowest BCUT2D eigenvalue weighted by Gasteiger charge is -2.30. The quantitative estimate of drug-likeness (QED) is 0.890. The van der Waals surface area contributed by atoms with Gasteiger partial charge in [-0.2, -0.15) is 0 Å². The molecular weight excluding hydrogens is 257 g/mol. The normalized spacial score (nSPS) is 19.6. The minimum absolute atomic E-state index is 0.225. The van der Waals surface area contributed by atoms with Crippen LogP contribution in [0, 0.1) is 11.7 Å². The molecule has 110 valence electrons. The number of rotatable bonds is 4. The van der Waals surface area contributed by atoms with Gasteiger partial charge in [-0.1, -0.05) is 0 Å². The third-order valence-corrected chi connectivity index (χ3v) is 3.59. The maximum atomic E-state index is 13.5. The highest BCUT2D eigenvalue weighted by Gasteiger charge is 2.16. The van der Waals surface area contributed by atoms with Crippen LogP contribution in [0.2, 0.25) is 0 Å². The number of amides is 1. The number of carbonyl (C=O) groups excluding carboxylic acids is 1. The predicted molar refractivity (Wildman–Crippen MR) is 79.4 cm³/mol. The van der Waals surface area contributed by atoms with E-state index in [2.05, 4.69) is 22.6 Å². The van der Waals surface area contributed by atoms with E-state index in [0.717, 1.165) is 18.8 Å². The van der Waals surface area contributed by atoms with Gasteiger partial charge in [0.05, 0.1) is 5.69 Å². The lowest BCUT2D eigenvalue weighted by molar-refractivity contribution is -0.114. The smallest absolute Gasteiger partial charge is 0.221 e. The Hall–Kier alpha value is -1.62. The van der Waals surface area contributed by atoms with Crippen molar-refractivity contribution in [2.45, 2.75) is 19.8 Å². The molecule has 0 aliphatic carbocycles. The first-order valence-electron chi connectivity index (χ1n) is 7.04. The van der Waals surface area contributed by atoms with Crippen molar-refractivity contribution in [3.63, 3.8) is 0 Å². The largest absolute Gasteiger partial charge is 0.385 e. The second-order valence-corrected chi connectivity index (χ2v) is 5.53. The van der Waals surface area contributed by atoms with Gasteiger partial charge in [-0.15, -0.1) is 0 Å². The number of hydrogen-bond donors (Lipinski definition) is 2. The van der Waals surface area contributed by atoms with E-state index in [9.17, 15) is 9.18 Å². The van der Waals surface area contributed by atoms with Gasteiger partial charge in [-0.3, -0.25) is 4.79 Å². The van der Waals surface area contributed by atoms with Crippen LogP contribution in [0.1, 0.15) is 19.8 Å². The van der Waals surface area contributed by atoms with Crippen molar-refractivity contribution in [3.05, 3.63) is 24.0 Å². The van der Waals surface area contributed by atoms with Crippen LogP contribution in [-0.4, -0.2) is 37.5 Å². The molecule has 0 spiro atoms. The Morgan fingerprint density at radius 2 is 2.30 bits per heavy atom. The first kappa shape index (κ1) is 14.8. The first-order chi connectivity index (χ1) is 9.54. The summed E-state index contributed by atoms with van der Waals surface area (Å²) in [7, 11) is 2.14. The summed E-state index contributed by atoms with van der Waals surface area (Å²) in [5.74, 6) is -0.0684. The fraction of sp³-hybridized carbons (Fsp3) is 0.533. The van der Waals surface area contributed by atoms with Gasteiger partial charge in [-0.25, -0.2) is 4.39 Å². The van der Waals surface area contributed by atoms with E-state index in [1.807, 2.05) is 0 Å². The SMILES string of the molecule is CC(=O)Nc1cc(NCC2CCCN(C)C2)ccc1F. The van der Waals surface area contributed by atoms with E-state index in [4.69, 9.17) is 0 Å². The van der Waals surface area contributed by atoms with Crippen molar-refractivity contribution in [1.29, 1.82) is 0 Å². The fourth-order valence-electron chi connectivity index (χ4n) is 2.62. The first-order valence-corrected chi connectivity index (χ1v) is 7.04. The van der Waals surface area contributed by atoms with Gasteiger partial charge < -0.3 is 15.5 Å². The molecular formula is C15H22FN3O. The van der Waals surface area contributed by atoms with Crippen LogP contribution in [0.4, 0.5) is 15.8 Å². The standard InChI is InChI=1S/C15H22FN3O/c1-11(20)18-15-8-13(5-6-14(15)16)17-9-12-4-3-7-19(2)10-12/h5-6,8,12,17H,3-4,7,9-10H2,1-2H3,(H,18,20). The number of piperidine rings is 1. The highest BCUT2D eigenvalue weighted by Crippen LogP contribution is 2.21. The van der Waals surface area contributed by atoms with E-state index >= 15 is 0 Å². The zero-order valence-electron chi connectivity index (χ0n) is 12.1. The molecule has 1 unspecified atom stereocenters. The van der Waals surface area contributed by atoms with Crippen LogP contribution in [0.25, 0.3) is 0 Å². The topological polar surface area (TPSA) is 44.4 Å². The van der Waals surface area contributed by atoms with E-state index in [0.29, 0.717) is 5.92 Å². The molecule has 1 atom stereocenters. The van der Waals surface area contributed by atoms with Crippen LogP contribution in [0.3, 0.4) is 0 Å². The second kappa shape index (κ2) is 6.70. The number of halogens is 1. The van der Waals surface area contributed by atoms with Crippen molar-refractivity contribution < 1.29 is 9.18 Å². The lowest BCUT2D eigenvalue weighted by Crippen LogP contribution is -2.35. The molecule has 1 aromatic carbocycles. The molecule has 4 nitrogen and oxygen atoms in total. The van der Waals surface area contributed by atoms with Crippen LogP contribution in [-0.2, 0) is 4.79 Å². The molecule has 2 N–H and O–H groups in total. The number of likely N-dealkylation sites (tertiary alicyclic amines) is 1. The Morgan fingerprint density at radius 1 is 1.50 bits per heavy atom. The highest BCUT2D eigenvalue weighted by atomic mass is 19.1. The van der Waals surface area contributed by atoms with E-state index in [1.165, 1.54) is 32.4 Å². The number of carbonyl (C=O) groups is 1. The predicted octanol–water partition coefficient (Wildman–Crippen LogP) is 2.54. The van der Waals surface area contributed by atoms with Crippen LogP contribution in [0.5, 0.6) is 0 Å². The van der Waals surface area contributed by atoms with Gasteiger partial charge in [0.15, 0.2) is 0 Å². The summed E-state index contributed by atoms with van der Waals surface area (Å²) in [6.07, 6.45) is 2.44. The molecule has 1 fully saturated rings. The lowest BCUT2D eigenvalue weighted by atomic mass is 9.98.